The van der Waals surface area contributed by atoms with Gasteiger partial charge in [-0.25, -0.2) is 21.6 Å². The van der Waals surface area contributed by atoms with Crippen LogP contribution in [0.25, 0.3) is 0 Å². The van der Waals surface area contributed by atoms with Gasteiger partial charge in [0, 0.05) is 6.92 Å². The van der Waals surface area contributed by atoms with E-state index in [2.05, 4.69) is 0 Å². The molecule has 124 valence electrons. The summed E-state index contributed by atoms with van der Waals surface area (Å²) in [6.45, 7) is 5.41. The number of carbonyl (C=O) groups is 2. The summed E-state index contributed by atoms with van der Waals surface area (Å²) in [5.74, 6) is -4.30. The van der Waals surface area contributed by atoms with Gasteiger partial charge < -0.3 is 10.4 Å². The lowest BCUT2D eigenvalue weighted by Gasteiger charge is -2.19. The smallest absolute Gasteiger partial charge is 0.327 e. The Labute approximate surface area is 124 Å². The SMILES string of the molecule is CC(=O)N[C@@H](CS(=O)(=O)CCS(=O)(=O)C(C)(C)C)C(=O)O. The standard InChI is InChI=1S/C11H21NO7S2/c1-8(13)12-9(10(14)15)7-20(16,17)5-6-21(18,19)11(2,3)4/h9H,5-7H2,1-4H3,(H,12,13)(H,14,15)/t9-/m0/s1. The van der Waals surface area contributed by atoms with Crippen LogP contribution in [0.3, 0.4) is 0 Å². The van der Waals surface area contributed by atoms with Crippen molar-refractivity contribution in [3.05, 3.63) is 0 Å². The molecule has 2 N–H and O–H groups in total. The highest BCUT2D eigenvalue weighted by Gasteiger charge is 2.32. The van der Waals surface area contributed by atoms with Crippen molar-refractivity contribution >= 4 is 31.6 Å². The first kappa shape index (κ1) is 19.8. The van der Waals surface area contributed by atoms with Gasteiger partial charge in [-0.15, -0.1) is 0 Å². The minimum absolute atomic E-state index is 0.592. The molecule has 0 fully saturated rings. The first-order valence-electron chi connectivity index (χ1n) is 6.10. The molecule has 21 heavy (non-hydrogen) atoms. The maximum atomic E-state index is 11.8. The number of carboxylic acids is 1. The molecule has 0 radical (unpaired) electrons. The van der Waals surface area contributed by atoms with Crippen molar-refractivity contribution in [3.8, 4) is 0 Å². The minimum atomic E-state index is -3.94. The van der Waals surface area contributed by atoms with Crippen molar-refractivity contribution in [2.75, 3.05) is 17.3 Å². The molecular weight excluding hydrogens is 322 g/mol. The van der Waals surface area contributed by atoms with Crippen LogP contribution in [0.4, 0.5) is 0 Å². The van der Waals surface area contributed by atoms with Crippen LogP contribution in [0.1, 0.15) is 27.7 Å². The fraction of sp³-hybridized carbons (Fsp3) is 0.818. The predicted molar refractivity (Wildman–Crippen MR) is 77.4 cm³/mol. The van der Waals surface area contributed by atoms with E-state index in [1.165, 1.54) is 20.8 Å². The quantitative estimate of drug-likeness (QED) is 0.618. The van der Waals surface area contributed by atoms with Gasteiger partial charge >= 0.3 is 5.97 Å². The number of aliphatic carboxylic acids is 1. The average molecular weight is 343 g/mol. The van der Waals surface area contributed by atoms with Crippen molar-refractivity contribution in [1.82, 2.24) is 5.32 Å². The normalized spacial score (nSPS) is 14.5. The second-order valence-electron chi connectivity index (χ2n) is 5.64. The lowest BCUT2D eigenvalue weighted by Crippen LogP contribution is -2.45. The second-order valence-corrected chi connectivity index (χ2v) is 10.7. The van der Waals surface area contributed by atoms with Crippen LogP contribution in [0, 0.1) is 0 Å². The molecule has 0 unspecified atom stereocenters. The van der Waals surface area contributed by atoms with E-state index in [9.17, 15) is 26.4 Å². The molecule has 0 saturated carbocycles. The van der Waals surface area contributed by atoms with E-state index in [4.69, 9.17) is 5.11 Å². The molecule has 0 saturated heterocycles. The van der Waals surface area contributed by atoms with Crippen LogP contribution in [0.5, 0.6) is 0 Å². The van der Waals surface area contributed by atoms with Crippen LogP contribution < -0.4 is 5.32 Å². The predicted octanol–water partition coefficient (Wildman–Crippen LogP) is -0.796. The fourth-order valence-corrected chi connectivity index (χ4v) is 4.71. The summed E-state index contributed by atoms with van der Waals surface area (Å²) in [7, 11) is -7.56. The van der Waals surface area contributed by atoms with Crippen molar-refractivity contribution < 1.29 is 31.5 Å². The number of nitrogens with one attached hydrogen (secondary N) is 1. The van der Waals surface area contributed by atoms with Crippen molar-refractivity contribution in [2.24, 2.45) is 0 Å². The van der Waals surface area contributed by atoms with Gasteiger partial charge in [0.15, 0.2) is 19.7 Å². The fourth-order valence-electron chi connectivity index (χ4n) is 1.30. The van der Waals surface area contributed by atoms with Crippen molar-refractivity contribution in [2.45, 2.75) is 38.5 Å². The molecule has 0 bridgehead atoms. The van der Waals surface area contributed by atoms with E-state index < -0.39 is 59.6 Å². The molecule has 8 nitrogen and oxygen atoms in total. The van der Waals surface area contributed by atoms with E-state index in [1.807, 2.05) is 5.32 Å². The second kappa shape index (κ2) is 6.73. The van der Waals surface area contributed by atoms with Gasteiger partial charge in [-0.1, -0.05) is 0 Å². The third-order valence-electron chi connectivity index (χ3n) is 2.69. The molecule has 1 amide bonds. The number of hydrogen-bond donors (Lipinski definition) is 2. The van der Waals surface area contributed by atoms with Crippen LogP contribution in [-0.2, 0) is 29.3 Å². The highest BCUT2D eigenvalue weighted by Crippen LogP contribution is 2.16. The Bertz CT molecular complexity index is 599. The summed E-state index contributed by atoms with van der Waals surface area (Å²) in [5, 5.41) is 10.8. The first-order chi connectivity index (χ1) is 9.18. The molecule has 0 heterocycles. The zero-order chi connectivity index (χ0) is 17.1. The summed E-state index contributed by atoms with van der Waals surface area (Å²) < 4.78 is 46.2. The zero-order valence-corrected chi connectivity index (χ0v) is 14.0. The Morgan fingerprint density at radius 1 is 1.10 bits per heavy atom. The van der Waals surface area contributed by atoms with Crippen LogP contribution >= 0.6 is 0 Å². The molecule has 0 aromatic rings. The molecule has 0 aromatic heterocycles. The van der Waals surface area contributed by atoms with Gasteiger partial charge in [-0.2, -0.15) is 0 Å². The van der Waals surface area contributed by atoms with Crippen LogP contribution in [-0.4, -0.2) is 61.9 Å². The van der Waals surface area contributed by atoms with E-state index in [-0.39, 0.29) is 0 Å². The molecule has 0 rings (SSSR count). The number of sulfone groups is 2. The Kier molecular flexibility index (Phi) is 6.36. The molecule has 0 aliphatic heterocycles. The van der Waals surface area contributed by atoms with Gasteiger partial charge in [0.05, 0.1) is 22.0 Å². The van der Waals surface area contributed by atoms with Gasteiger partial charge in [0.25, 0.3) is 0 Å². The van der Waals surface area contributed by atoms with Crippen LogP contribution in [0.2, 0.25) is 0 Å². The van der Waals surface area contributed by atoms with Crippen molar-refractivity contribution in [3.63, 3.8) is 0 Å². The van der Waals surface area contributed by atoms with E-state index in [0.29, 0.717) is 0 Å². The van der Waals surface area contributed by atoms with Crippen molar-refractivity contribution in [1.29, 1.82) is 0 Å². The third-order valence-corrected chi connectivity index (χ3v) is 7.23. The highest BCUT2D eigenvalue weighted by atomic mass is 32.2. The monoisotopic (exact) mass is 343 g/mol. The molecule has 0 aromatic carbocycles. The molecule has 0 spiro atoms. The van der Waals surface area contributed by atoms with Gasteiger partial charge in [-0.3, -0.25) is 4.79 Å². The molecule has 10 heteroatoms. The lowest BCUT2D eigenvalue weighted by atomic mass is 10.3. The summed E-state index contributed by atoms with van der Waals surface area (Å²) in [5.41, 5.74) is 0. The van der Waals surface area contributed by atoms with Gasteiger partial charge in [0.1, 0.15) is 6.04 Å². The van der Waals surface area contributed by atoms with E-state index in [0.717, 1.165) is 6.92 Å². The molecule has 0 aliphatic carbocycles. The Balaban J connectivity index is 4.93. The lowest BCUT2D eigenvalue weighted by molar-refractivity contribution is -0.140. The molecule has 1 atom stereocenters. The largest absolute Gasteiger partial charge is 0.480 e. The number of hydrogen-bond acceptors (Lipinski definition) is 6. The highest BCUT2D eigenvalue weighted by molar-refractivity contribution is 7.95. The maximum absolute atomic E-state index is 11.8. The maximum Gasteiger partial charge on any atom is 0.327 e. The number of amides is 1. The van der Waals surface area contributed by atoms with E-state index >= 15 is 0 Å². The Morgan fingerprint density at radius 2 is 1.57 bits per heavy atom. The van der Waals surface area contributed by atoms with E-state index in [1.54, 1.807) is 0 Å². The molecule has 0 aliphatic rings. The number of carbonyl (C=O) groups excluding carboxylic acids is 1. The van der Waals surface area contributed by atoms with Gasteiger partial charge in [-0.05, 0) is 20.8 Å². The Hall–Kier alpha value is -1.16. The number of rotatable bonds is 7. The number of carboxylic acid groups (broad SMARTS) is 1. The average Bonchev–Trinajstić information content (AvgIpc) is 2.23. The summed E-state index contributed by atoms with van der Waals surface area (Å²) >= 11 is 0. The topological polar surface area (TPSA) is 135 Å². The Morgan fingerprint density at radius 3 is 1.90 bits per heavy atom. The third kappa shape index (κ3) is 6.89. The minimum Gasteiger partial charge on any atom is -0.480 e. The van der Waals surface area contributed by atoms with Gasteiger partial charge in [0.2, 0.25) is 5.91 Å². The zero-order valence-electron chi connectivity index (χ0n) is 12.4. The first-order valence-corrected chi connectivity index (χ1v) is 9.58. The summed E-state index contributed by atoms with van der Waals surface area (Å²) in [6.07, 6.45) is 0. The van der Waals surface area contributed by atoms with Crippen LogP contribution in [0.15, 0.2) is 0 Å². The summed E-state index contributed by atoms with van der Waals surface area (Å²) in [4.78, 5) is 21.7. The molecular formula is C11H21NO7S2. The summed E-state index contributed by atoms with van der Waals surface area (Å²) in [6, 6.07) is -1.59.